The van der Waals surface area contributed by atoms with Crippen LogP contribution in [-0.2, 0) is 18.9 Å². The highest BCUT2D eigenvalue weighted by molar-refractivity contribution is 4.78. The summed E-state index contributed by atoms with van der Waals surface area (Å²) in [7, 11) is 3.70. The summed E-state index contributed by atoms with van der Waals surface area (Å²) in [5, 5.41) is 3.38. The fraction of sp³-hybridized carbons (Fsp3) is 1.00. The average Bonchev–Trinajstić information content (AvgIpc) is 2.70. The summed E-state index contributed by atoms with van der Waals surface area (Å²) in [5.41, 5.74) is 0. The van der Waals surface area contributed by atoms with Gasteiger partial charge in [-0.3, -0.25) is 0 Å². The highest BCUT2D eigenvalue weighted by atomic mass is 16.6. The van der Waals surface area contributed by atoms with Gasteiger partial charge in [-0.25, -0.2) is 0 Å². The van der Waals surface area contributed by atoms with Crippen molar-refractivity contribution < 1.29 is 18.9 Å². The fourth-order valence-electron chi connectivity index (χ4n) is 2.53. The molecule has 0 spiro atoms. The molecule has 0 heterocycles. The normalized spacial score (nSPS) is 23.7. The third-order valence-corrected chi connectivity index (χ3v) is 3.69. The Morgan fingerprint density at radius 1 is 0.850 bits per heavy atom. The number of methoxy groups -OCH3 is 1. The van der Waals surface area contributed by atoms with Crippen molar-refractivity contribution in [3.63, 3.8) is 0 Å². The van der Waals surface area contributed by atoms with Crippen molar-refractivity contribution in [2.75, 3.05) is 53.8 Å². The zero-order valence-corrected chi connectivity index (χ0v) is 13.1. The Morgan fingerprint density at radius 2 is 1.50 bits per heavy atom. The predicted octanol–water partition coefficient (Wildman–Crippen LogP) is 1.60. The predicted molar refractivity (Wildman–Crippen MR) is 79.2 cm³/mol. The first-order valence-electron chi connectivity index (χ1n) is 7.81. The minimum absolute atomic E-state index is 0.337. The standard InChI is InChI=1S/C15H31NO4/c1-16-14-6-4-3-5-7-15(14)20-13-12-19-11-10-18-9-8-17-2/h14-16H,3-13H2,1-2H3. The third-order valence-electron chi connectivity index (χ3n) is 3.69. The van der Waals surface area contributed by atoms with E-state index in [1.54, 1.807) is 7.11 Å². The van der Waals surface area contributed by atoms with E-state index < -0.39 is 0 Å². The van der Waals surface area contributed by atoms with Gasteiger partial charge in [0.25, 0.3) is 0 Å². The zero-order chi connectivity index (χ0) is 14.5. The first kappa shape index (κ1) is 17.9. The molecule has 1 rings (SSSR count). The molecule has 0 radical (unpaired) electrons. The first-order valence-corrected chi connectivity index (χ1v) is 7.81. The number of likely N-dealkylation sites (N-methyl/N-ethyl adjacent to an activating group) is 1. The van der Waals surface area contributed by atoms with Crippen LogP contribution in [0, 0.1) is 0 Å². The summed E-state index contributed by atoms with van der Waals surface area (Å²) in [5.74, 6) is 0. The number of ether oxygens (including phenoxy) is 4. The Labute approximate surface area is 123 Å². The van der Waals surface area contributed by atoms with Gasteiger partial charge in [0.05, 0.1) is 45.7 Å². The molecule has 1 fully saturated rings. The molecule has 0 saturated heterocycles. The van der Waals surface area contributed by atoms with Crippen LogP contribution in [0.4, 0.5) is 0 Å². The number of rotatable bonds is 11. The van der Waals surface area contributed by atoms with E-state index in [2.05, 4.69) is 5.32 Å². The molecule has 1 saturated carbocycles. The molecule has 0 bridgehead atoms. The Bertz CT molecular complexity index is 216. The van der Waals surface area contributed by atoms with Crippen molar-refractivity contribution in [3.8, 4) is 0 Å². The van der Waals surface area contributed by atoms with Crippen molar-refractivity contribution in [2.45, 2.75) is 44.2 Å². The van der Waals surface area contributed by atoms with Crippen LogP contribution in [0.1, 0.15) is 32.1 Å². The van der Waals surface area contributed by atoms with Gasteiger partial charge in [0.2, 0.25) is 0 Å². The number of hydrogen-bond acceptors (Lipinski definition) is 5. The Balaban J connectivity index is 1.96. The zero-order valence-electron chi connectivity index (χ0n) is 13.1. The van der Waals surface area contributed by atoms with Crippen molar-refractivity contribution in [1.29, 1.82) is 0 Å². The second-order valence-corrected chi connectivity index (χ2v) is 5.16. The molecule has 0 aromatic carbocycles. The van der Waals surface area contributed by atoms with E-state index in [0.29, 0.717) is 51.8 Å². The van der Waals surface area contributed by atoms with E-state index in [0.717, 1.165) is 6.42 Å². The van der Waals surface area contributed by atoms with Crippen LogP contribution in [0.15, 0.2) is 0 Å². The van der Waals surface area contributed by atoms with Crippen LogP contribution in [-0.4, -0.2) is 65.9 Å². The topological polar surface area (TPSA) is 49.0 Å². The molecule has 0 aromatic rings. The van der Waals surface area contributed by atoms with Gasteiger partial charge >= 0.3 is 0 Å². The van der Waals surface area contributed by atoms with E-state index in [1.807, 2.05) is 7.05 Å². The van der Waals surface area contributed by atoms with E-state index in [1.165, 1.54) is 25.7 Å². The molecule has 1 aliphatic rings. The molecule has 5 heteroatoms. The molecule has 0 aliphatic heterocycles. The maximum Gasteiger partial charge on any atom is 0.0729 e. The minimum Gasteiger partial charge on any atom is -0.382 e. The van der Waals surface area contributed by atoms with Crippen LogP contribution < -0.4 is 5.32 Å². The first-order chi connectivity index (χ1) is 9.88. The maximum atomic E-state index is 5.96. The average molecular weight is 289 g/mol. The molecule has 2 atom stereocenters. The Kier molecular flexibility index (Phi) is 11.2. The third kappa shape index (κ3) is 8.17. The Hall–Kier alpha value is -0.200. The molecule has 2 unspecified atom stereocenters. The minimum atomic E-state index is 0.337. The summed E-state index contributed by atoms with van der Waals surface area (Å²) >= 11 is 0. The van der Waals surface area contributed by atoms with Crippen molar-refractivity contribution in [1.82, 2.24) is 5.32 Å². The largest absolute Gasteiger partial charge is 0.382 e. The van der Waals surface area contributed by atoms with E-state index in [4.69, 9.17) is 18.9 Å². The lowest BCUT2D eigenvalue weighted by Gasteiger charge is -2.25. The van der Waals surface area contributed by atoms with E-state index in [9.17, 15) is 0 Å². The van der Waals surface area contributed by atoms with Crippen LogP contribution in [0.3, 0.4) is 0 Å². The van der Waals surface area contributed by atoms with Gasteiger partial charge in [-0.1, -0.05) is 19.3 Å². The molecule has 120 valence electrons. The van der Waals surface area contributed by atoms with Crippen molar-refractivity contribution >= 4 is 0 Å². The molecule has 5 nitrogen and oxygen atoms in total. The second kappa shape index (κ2) is 12.5. The molecule has 0 aromatic heterocycles. The van der Waals surface area contributed by atoms with Gasteiger partial charge in [0.15, 0.2) is 0 Å². The SMILES string of the molecule is CNC1CCCCCC1OCCOCCOCCOC. The smallest absolute Gasteiger partial charge is 0.0729 e. The molecule has 1 N–H and O–H groups in total. The quantitative estimate of drug-likeness (QED) is 0.462. The van der Waals surface area contributed by atoms with Gasteiger partial charge in [0, 0.05) is 13.2 Å². The molecule has 20 heavy (non-hydrogen) atoms. The fourth-order valence-corrected chi connectivity index (χ4v) is 2.53. The molecular formula is C15H31NO4. The number of hydrogen-bond donors (Lipinski definition) is 1. The summed E-state index contributed by atoms with van der Waals surface area (Å²) in [6.07, 6.45) is 6.62. The van der Waals surface area contributed by atoms with Gasteiger partial charge in [0.1, 0.15) is 0 Å². The molecule has 0 amide bonds. The molecular weight excluding hydrogens is 258 g/mol. The summed E-state index contributed by atoms with van der Waals surface area (Å²) in [6.45, 7) is 3.80. The van der Waals surface area contributed by atoms with Gasteiger partial charge < -0.3 is 24.3 Å². The monoisotopic (exact) mass is 289 g/mol. The Morgan fingerprint density at radius 3 is 2.20 bits per heavy atom. The highest BCUT2D eigenvalue weighted by Gasteiger charge is 2.22. The van der Waals surface area contributed by atoms with Crippen LogP contribution in [0.5, 0.6) is 0 Å². The van der Waals surface area contributed by atoms with Crippen molar-refractivity contribution in [3.05, 3.63) is 0 Å². The summed E-state index contributed by atoms with van der Waals surface area (Å²) in [4.78, 5) is 0. The van der Waals surface area contributed by atoms with Gasteiger partial charge in [-0.15, -0.1) is 0 Å². The van der Waals surface area contributed by atoms with Crippen LogP contribution in [0.25, 0.3) is 0 Å². The van der Waals surface area contributed by atoms with Crippen LogP contribution >= 0.6 is 0 Å². The number of nitrogens with one attached hydrogen (secondary N) is 1. The van der Waals surface area contributed by atoms with Crippen molar-refractivity contribution in [2.24, 2.45) is 0 Å². The lowest BCUT2D eigenvalue weighted by Crippen LogP contribution is -2.39. The summed E-state index contributed by atoms with van der Waals surface area (Å²) < 4.78 is 21.7. The summed E-state index contributed by atoms with van der Waals surface area (Å²) in [6, 6.07) is 0.495. The van der Waals surface area contributed by atoms with Crippen LogP contribution in [0.2, 0.25) is 0 Å². The maximum absolute atomic E-state index is 5.96. The highest BCUT2D eigenvalue weighted by Crippen LogP contribution is 2.20. The van der Waals surface area contributed by atoms with E-state index >= 15 is 0 Å². The second-order valence-electron chi connectivity index (χ2n) is 5.16. The lowest BCUT2D eigenvalue weighted by atomic mass is 10.1. The van der Waals surface area contributed by atoms with Gasteiger partial charge in [-0.05, 0) is 19.9 Å². The van der Waals surface area contributed by atoms with E-state index in [-0.39, 0.29) is 0 Å². The molecule has 1 aliphatic carbocycles. The lowest BCUT2D eigenvalue weighted by molar-refractivity contribution is -0.0273. The van der Waals surface area contributed by atoms with Gasteiger partial charge in [-0.2, -0.15) is 0 Å².